The maximum Gasteiger partial charge on any atom is 0.272 e. The molecule has 4 rings (SSSR count). The van der Waals surface area contributed by atoms with Crippen LogP contribution in [0.1, 0.15) is 35.8 Å². The fourth-order valence-corrected chi connectivity index (χ4v) is 3.63. The number of phenolic OH excluding ortho intramolecular Hbond substituents is 1. The minimum absolute atomic E-state index is 0.00763. The third-order valence-corrected chi connectivity index (χ3v) is 4.80. The highest BCUT2D eigenvalue weighted by Gasteiger charge is 2.31. The Balaban J connectivity index is 1.61. The zero-order valence-corrected chi connectivity index (χ0v) is 14.5. The molecule has 3 heterocycles. The SMILES string of the molecule is Cc1cc(=O)n2[nH]c([C@H]3CCCN3C(=O)Cc3cccc(O)c3)cc2n1. The number of H-pyrrole nitrogens is 1. The smallest absolute Gasteiger partial charge is 0.272 e. The van der Waals surface area contributed by atoms with Crippen LogP contribution in [0.25, 0.3) is 5.65 Å². The molecule has 0 bridgehead atoms. The highest BCUT2D eigenvalue weighted by molar-refractivity contribution is 5.79. The quantitative estimate of drug-likeness (QED) is 0.754. The van der Waals surface area contributed by atoms with Crippen LogP contribution in [0.15, 0.2) is 41.2 Å². The summed E-state index contributed by atoms with van der Waals surface area (Å²) >= 11 is 0. The van der Waals surface area contributed by atoms with Gasteiger partial charge in [0.25, 0.3) is 5.56 Å². The van der Waals surface area contributed by atoms with E-state index in [2.05, 4.69) is 10.1 Å². The number of likely N-dealkylation sites (tertiary alicyclic amines) is 1. The molecule has 1 fully saturated rings. The molecule has 7 nitrogen and oxygen atoms in total. The molecule has 26 heavy (non-hydrogen) atoms. The van der Waals surface area contributed by atoms with Crippen molar-refractivity contribution < 1.29 is 9.90 Å². The second-order valence-corrected chi connectivity index (χ2v) is 6.73. The number of amides is 1. The molecule has 1 aliphatic heterocycles. The number of nitrogens with zero attached hydrogens (tertiary/aromatic N) is 3. The summed E-state index contributed by atoms with van der Waals surface area (Å²) in [6, 6.07) is 9.99. The van der Waals surface area contributed by atoms with Crippen LogP contribution in [-0.4, -0.2) is 37.1 Å². The summed E-state index contributed by atoms with van der Waals surface area (Å²) in [5, 5.41) is 12.7. The molecule has 1 atom stereocenters. The molecule has 1 amide bonds. The number of carbonyl (C=O) groups is 1. The van der Waals surface area contributed by atoms with E-state index in [1.165, 1.54) is 10.6 Å². The number of aromatic amines is 1. The second-order valence-electron chi connectivity index (χ2n) is 6.73. The summed E-state index contributed by atoms with van der Waals surface area (Å²) in [5.74, 6) is 0.165. The molecule has 1 aromatic carbocycles. The number of nitrogens with one attached hydrogen (secondary N) is 1. The molecule has 0 saturated carbocycles. The van der Waals surface area contributed by atoms with E-state index >= 15 is 0 Å². The lowest BCUT2D eigenvalue weighted by Gasteiger charge is -2.24. The van der Waals surface area contributed by atoms with E-state index in [4.69, 9.17) is 0 Å². The molecular weight excluding hydrogens is 332 g/mol. The number of phenols is 1. The lowest BCUT2D eigenvalue weighted by molar-refractivity contribution is -0.131. The van der Waals surface area contributed by atoms with Gasteiger partial charge in [0.2, 0.25) is 5.91 Å². The molecule has 1 aliphatic rings. The summed E-state index contributed by atoms with van der Waals surface area (Å²) < 4.78 is 1.42. The van der Waals surface area contributed by atoms with Crippen LogP contribution in [0.3, 0.4) is 0 Å². The summed E-state index contributed by atoms with van der Waals surface area (Å²) in [6.45, 7) is 2.47. The minimum atomic E-state index is -0.158. The van der Waals surface area contributed by atoms with Crippen LogP contribution in [0.2, 0.25) is 0 Å². The number of aromatic nitrogens is 3. The molecule has 0 radical (unpaired) electrons. The van der Waals surface area contributed by atoms with Crippen molar-refractivity contribution in [1.82, 2.24) is 19.5 Å². The number of aromatic hydroxyl groups is 1. The van der Waals surface area contributed by atoms with Gasteiger partial charge in [-0.1, -0.05) is 12.1 Å². The highest BCUT2D eigenvalue weighted by Crippen LogP contribution is 2.32. The van der Waals surface area contributed by atoms with Crippen molar-refractivity contribution in [2.75, 3.05) is 6.54 Å². The van der Waals surface area contributed by atoms with Crippen molar-refractivity contribution in [2.24, 2.45) is 0 Å². The fourth-order valence-electron chi connectivity index (χ4n) is 3.63. The standard InChI is InChI=1S/C19H20N4O3/c1-12-8-19(26)23-17(20-12)11-15(21-23)16-6-3-7-22(16)18(25)10-13-4-2-5-14(24)9-13/h2,4-5,8-9,11,16,21,24H,3,6-7,10H2,1H3/t16-/m1/s1. The second kappa shape index (κ2) is 6.33. The van der Waals surface area contributed by atoms with E-state index in [1.54, 1.807) is 25.1 Å². The van der Waals surface area contributed by atoms with E-state index < -0.39 is 0 Å². The van der Waals surface area contributed by atoms with Crippen molar-refractivity contribution >= 4 is 11.6 Å². The van der Waals surface area contributed by atoms with Crippen molar-refractivity contribution in [3.8, 4) is 5.75 Å². The van der Waals surface area contributed by atoms with Gasteiger partial charge in [0.1, 0.15) is 5.75 Å². The van der Waals surface area contributed by atoms with Crippen molar-refractivity contribution in [2.45, 2.75) is 32.2 Å². The predicted molar refractivity (Wildman–Crippen MR) is 96.0 cm³/mol. The number of fused-ring (bicyclic) bond motifs is 1. The molecule has 0 unspecified atom stereocenters. The molecule has 0 aliphatic carbocycles. The van der Waals surface area contributed by atoms with Crippen LogP contribution in [0.4, 0.5) is 0 Å². The van der Waals surface area contributed by atoms with Gasteiger partial charge in [0, 0.05) is 24.4 Å². The zero-order chi connectivity index (χ0) is 18.3. The van der Waals surface area contributed by atoms with Crippen molar-refractivity contribution in [1.29, 1.82) is 0 Å². The molecular formula is C19H20N4O3. The maximum absolute atomic E-state index is 12.8. The first-order chi connectivity index (χ1) is 12.5. The Kier molecular flexibility index (Phi) is 3.99. The Morgan fingerprint density at radius 1 is 1.35 bits per heavy atom. The van der Waals surface area contributed by atoms with Crippen LogP contribution < -0.4 is 5.56 Å². The lowest BCUT2D eigenvalue weighted by atomic mass is 10.1. The van der Waals surface area contributed by atoms with Gasteiger partial charge in [0.05, 0.1) is 18.2 Å². The first kappa shape index (κ1) is 16.4. The Morgan fingerprint density at radius 2 is 2.19 bits per heavy atom. The topological polar surface area (TPSA) is 90.7 Å². The average molecular weight is 352 g/mol. The van der Waals surface area contributed by atoms with Crippen LogP contribution in [0.5, 0.6) is 5.75 Å². The van der Waals surface area contributed by atoms with Crippen LogP contribution in [-0.2, 0) is 11.2 Å². The van der Waals surface area contributed by atoms with E-state index in [0.29, 0.717) is 17.9 Å². The van der Waals surface area contributed by atoms with E-state index in [-0.39, 0.29) is 29.7 Å². The number of benzene rings is 1. The monoisotopic (exact) mass is 352 g/mol. The first-order valence-corrected chi connectivity index (χ1v) is 8.68. The summed E-state index contributed by atoms with van der Waals surface area (Å²) in [5.41, 5.74) is 2.68. The number of carbonyl (C=O) groups excluding carboxylic acids is 1. The highest BCUT2D eigenvalue weighted by atomic mass is 16.3. The molecule has 0 spiro atoms. The normalized spacial score (nSPS) is 17.1. The van der Waals surface area contributed by atoms with E-state index in [0.717, 1.165) is 24.1 Å². The molecule has 3 aromatic rings. The Labute approximate surface area is 149 Å². The van der Waals surface area contributed by atoms with Gasteiger partial charge in [-0.05, 0) is 37.5 Å². The third kappa shape index (κ3) is 2.96. The van der Waals surface area contributed by atoms with Gasteiger partial charge < -0.3 is 10.0 Å². The van der Waals surface area contributed by atoms with Crippen LogP contribution in [0, 0.1) is 6.92 Å². The molecule has 134 valence electrons. The van der Waals surface area contributed by atoms with Crippen molar-refractivity contribution in [3.05, 3.63) is 63.7 Å². The number of hydrogen-bond acceptors (Lipinski definition) is 4. The molecule has 1 saturated heterocycles. The van der Waals surface area contributed by atoms with Crippen molar-refractivity contribution in [3.63, 3.8) is 0 Å². The summed E-state index contributed by atoms with van der Waals surface area (Å²) in [7, 11) is 0. The number of aryl methyl sites for hydroxylation is 1. The minimum Gasteiger partial charge on any atom is -0.508 e. The summed E-state index contributed by atoms with van der Waals surface area (Å²) in [4.78, 5) is 31.1. The predicted octanol–water partition coefficient (Wildman–Crippen LogP) is 1.94. The largest absolute Gasteiger partial charge is 0.508 e. The van der Waals surface area contributed by atoms with Gasteiger partial charge in [-0.25, -0.2) is 9.50 Å². The van der Waals surface area contributed by atoms with Gasteiger partial charge in [-0.15, -0.1) is 0 Å². The Bertz CT molecular complexity index is 1040. The fraction of sp³-hybridized carbons (Fsp3) is 0.316. The molecule has 2 N–H and O–H groups in total. The van der Waals surface area contributed by atoms with E-state index in [9.17, 15) is 14.7 Å². The lowest BCUT2D eigenvalue weighted by Crippen LogP contribution is -2.32. The average Bonchev–Trinajstić information content (AvgIpc) is 3.20. The van der Waals surface area contributed by atoms with Gasteiger partial charge in [-0.2, -0.15) is 0 Å². The third-order valence-electron chi connectivity index (χ3n) is 4.80. The Morgan fingerprint density at radius 3 is 3.00 bits per heavy atom. The molecule has 7 heteroatoms. The Hall–Kier alpha value is -3.09. The van der Waals surface area contributed by atoms with Gasteiger partial charge in [0.15, 0.2) is 5.65 Å². The van der Waals surface area contributed by atoms with Crippen LogP contribution >= 0.6 is 0 Å². The number of hydrogen-bond donors (Lipinski definition) is 2. The van der Waals surface area contributed by atoms with E-state index in [1.807, 2.05) is 17.0 Å². The molecule has 2 aromatic heterocycles. The summed E-state index contributed by atoms with van der Waals surface area (Å²) in [6.07, 6.45) is 1.99. The number of rotatable bonds is 3. The van der Waals surface area contributed by atoms with Gasteiger partial charge in [-0.3, -0.25) is 14.7 Å². The first-order valence-electron chi connectivity index (χ1n) is 8.68. The maximum atomic E-state index is 12.8. The van der Waals surface area contributed by atoms with Gasteiger partial charge >= 0.3 is 0 Å². The zero-order valence-electron chi connectivity index (χ0n) is 14.5.